The minimum Gasteiger partial charge on any atom is -0.439 e. The van der Waals surface area contributed by atoms with Crippen molar-refractivity contribution in [3.63, 3.8) is 0 Å². The van der Waals surface area contributed by atoms with Crippen molar-refractivity contribution in [3.8, 4) is 0 Å². The van der Waals surface area contributed by atoms with Crippen LogP contribution in [0.15, 0.2) is 53.1 Å². The van der Waals surface area contributed by atoms with E-state index in [0.29, 0.717) is 13.0 Å². The molecule has 0 saturated heterocycles. The highest BCUT2D eigenvalue weighted by Gasteiger charge is 2.25. The van der Waals surface area contributed by atoms with Crippen molar-refractivity contribution >= 4 is 44.3 Å². The number of oxazole rings is 1. The molecule has 0 saturated carbocycles. The standard InChI is InChI=1S/C24H27F2IN4O5S/c1-2-6-37(34,35)31-22-14-36-24(30-22)23(33)29-20(10-16-7-17(25)11-18(26)8-16)21(32)13-28-12-15-4-3-5-19(27)9-15/h3-5,7-9,11,14,20-21,28,31-32H,2,6,10,12-13H2,1H3,(H,29,33). The Hall–Kier alpha value is -2.62. The number of carbonyl (C=O) groups is 1. The fraction of sp³-hybridized carbons (Fsp3) is 0.333. The Labute approximate surface area is 227 Å². The van der Waals surface area contributed by atoms with Crippen LogP contribution in [0.3, 0.4) is 0 Å². The first-order valence-corrected chi connectivity index (χ1v) is 14.1. The van der Waals surface area contributed by atoms with E-state index in [2.05, 4.69) is 42.9 Å². The maximum Gasteiger partial charge on any atom is 0.307 e. The summed E-state index contributed by atoms with van der Waals surface area (Å²) in [5.74, 6) is -3.15. The molecule has 2 aromatic carbocycles. The van der Waals surface area contributed by atoms with Crippen LogP contribution >= 0.6 is 22.6 Å². The molecule has 200 valence electrons. The van der Waals surface area contributed by atoms with Crippen molar-refractivity contribution in [2.45, 2.75) is 38.5 Å². The number of halogens is 3. The normalized spacial score (nSPS) is 13.2. The van der Waals surface area contributed by atoms with Gasteiger partial charge in [-0.15, -0.1) is 0 Å². The Morgan fingerprint density at radius 1 is 1.16 bits per heavy atom. The lowest BCUT2D eigenvalue weighted by atomic mass is 10.0. The monoisotopic (exact) mass is 648 g/mol. The average Bonchev–Trinajstić information content (AvgIpc) is 3.25. The molecule has 0 bridgehead atoms. The zero-order chi connectivity index (χ0) is 27.0. The van der Waals surface area contributed by atoms with Gasteiger partial charge < -0.3 is 20.2 Å². The molecule has 1 amide bonds. The summed E-state index contributed by atoms with van der Waals surface area (Å²) in [6, 6.07) is 9.72. The van der Waals surface area contributed by atoms with Crippen LogP contribution in [0.1, 0.15) is 35.2 Å². The van der Waals surface area contributed by atoms with Crippen LogP contribution in [0.2, 0.25) is 0 Å². The molecule has 13 heteroatoms. The van der Waals surface area contributed by atoms with Crippen LogP contribution in [0.5, 0.6) is 0 Å². The smallest absolute Gasteiger partial charge is 0.307 e. The van der Waals surface area contributed by atoms with Gasteiger partial charge in [-0.25, -0.2) is 17.2 Å². The predicted molar refractivity (Wildman–Crippen MR) is 142 cm³/mol. The second-order valence-corrected chi connectivity index (χ2v) is 11.4. The molecule has 2 atom stereocenters. The number of aliphatic hydroxyl groups excluding tert-OH is 1. The molecule has 37 heavy (non-hydrogen) atoms. The quantitative estimate of drug-likeness (QED) is 0.209. The van der Waals surface area contributed by atoms with Crippen LogP contribution in [0.4, 0.5) is 14.6 Å². The fourth-order valence-electron chi connectivity index (χ4n) is 3.55. The van der Waals surface area contributed by atoms with E-state index >= 15 is 0 Å². The van der Waals surface area contributed by atoms with E-state index in [0.717, 1.165) is 33.6 Å². The number of amides is 1. The molecule has 0 spiro atoms. The first-order valence-electron chi connectivity index (χ1n) is 11.4. The molecule has 1 aromatic heterocycles. The summed E-state index contributed by atoms with van der Waals surface area (Å²) in [5, 5.41) is 16.5. The first kappa shape index (κ1) is 28.9. The number of anilines is 1. The maximum absolute atomic E-state index is 13.7. The molecular weight excluding hydrogens is 621 g/mol. The fourth-order valence-corrected chi connectivity index (χ4v) is 5.21. The molecule has 0 aliphatic heterocycles. The predicted octanol–water partition coefficient (Wildman–Crippen LogP) is 3.20. The number of nitrogens with zero attached hydrogens (tertiary/aromatic N) is 1. The number of benzene rings is 2. The SMILES string of the molecule is CCCS(=O)(=O)Nc1coc(C(=O)NC(Cc2cc(F)cc(F)c2)C(O)CNCc2cccc(I)c2)n1. The maximum atomic E-state index is 13.7. The van der Waals surface area contributed by atoms with Crippen molar-refractivity contribution in [2.24, 2.45) is 0 Å². The largest absolute Gasteiger partial charge is 0.439 e. The molecule has 2 unspecified atom stereocenters. The summed E-state index contributed by atoms with van der Waals surface area (Å²) in [5.41, 5.74) is 1.21. The summed E-state index contributed by atoms with van der Waals surface area (Å²) >= 11 is 2.19. The third-order valence-corrected chi connectivity index (χ3v) is 7.30. The van der Waals surface area contributed by atoms with Crippen LogP contribution in [-0.4, -0.2) is 48.9 Å². The minimum atomic E-state index is -3.64. The Morgan fingerprint density at radius 3 is 2.57 bits per heavy atom. The second kappa shape index (κ2) is 13.3. The Bertz CT molecular complexity index is 1300. The third-order valence-electron chi connectivity index (χ3n) is 5.16. The van der Waals surface area contributed by atoms with Gasteiger partial charge in [0, 0.05) is 22.7 Å². The molecule has 9 nitrogen and oxygen atoms in total. The van der Waals surface area contributed by atoms with Gasteiger partial charge in [0.25, 0.3) is 5.89 Å². The number of hydrogen-bond acceptors (Lipinski definition) is 7. The third kappa shape index (κ3) is 9.32. The van der Waals surface area contributed by atoms with Crippen molar-refractivity contribution in [3.05, 3.63) is 80.9 Å². The van der Waals surface area contributed by atoms with Gasteiger partial charge in [0.2, 0.25) is 10.0 Å². The number of carbonyl (C=O) groups excluding carboxylic acids is 1. The van der Waals surface area contributed by atoms with E-state index < -0.39 is 45.6 Å². The summed E-state index contributed by atoms with van der Waals surface area (Å²) < 4.78 is 59.7. The summed E-state index contributed by atoms with van der Waals surface area (Å²) in [4.78, 5) is 16.6. The topological polar surface area (TPSA) is 134 Å². The Balaban J connectivity index is 1.71. The van der Waals surface area contributed by atoms with E-state index in [1.54, 1.807) is 6.92 Å². The molecule has 0 aliphatic carbocycles. The number of aromatic nitrogens is 1. The molecule has 0 radical (unpaired) electrons. The highest BCUT2D eigenvalue weighted by atomic mass is 127. The zero-order valence-corrected chi connectivity index (χ0v) is 22.9. The Morgan fingerprint density at radius 2 is 1.89 bits per heavy atom. The first-order chi connectivity index (χ1) is 17.5. The second-order valence-electron chi connectivity index (χ2n) is 8.35. The lowest BCUT2D eigenvalue weighted by Gasteiger charge is -2.24. The van der Waals surface area contributed by atoms with Crippen molar-refractivity contribution in [1.82, 2.24) is 15.6 Å². The van der Waals surface area contributed by atoms with Gasteiger partial charge in [0.15, 0.2) is 5.82 Å². The molecule has 0 aliphatic rings. The molecule has 3 aromatic rings. The highest BCUT2D eigenvalue weighted by Crippen LogP contribution is 2.14. The molecule has 0 fully saturated rings. The van der Waals surface area contributed by atoms with Gasteiger partial charge in [-0.2, -0.15) is 4.98 Å². The molecule has 1 heterocycles. The average molecular weight is 648 g/mol. The minimum absolute atomic E-state index is 0.0574. The van der Waals surface area contributed by atoms with Crippen LogP contribution in [0.25, 0.3) is 0 Å². The van der Waals surface area contributed by atoms with Gasteiger partial charge in [-0.3, -0.25) is 9.52 Å². The van der Waals surface area contributed by atoms with Gasteiger partial charge in [-0.05, 0) is 70.8 Å². The zero-order valence-electron chi connectivity index (χ0n) is 19.9. The Kier molecular flexibility index (Phi) is 10.4. The van der Waals surface area contributed by atoms with Crippen molar-refractivity contribution in [2.75, 3.05) is 17.0 Å². The van der Waals surface area contributed by atoms with E-state index in [9.17, 15) is 27.1 Å². The van der Waals surface area contributed by atoms with Crippen molar-refractivity contribution < 1.29 is 31.5 Å². The van der Waals surface area contributed by atoms with Gasteiger partial charge in [0.05, 0.1) is 17.9 Å². The van der Waals surface area contributed by atoms with E-state index in [1.165, 1.54) is 0 Å². The van der Waals surface area contributed by atoms with Crippen molar-refractivity contribution in [1.29, 1.82) is 0 Å². The number of aliphatic hydroxyl groups is 1. The lowest BCUT2D eigenvalue weighted by molar-refractivity contribution is 0.0798. The van der Waals surface area contributed by atoms with E-state index in [4.69, 9.17) is 4.42 Å². The molecule has 4 N–H and O–H groups in total. The van der Waals surface area contributed by atoms with Gasteiger partial charge in [-0.1, -0.05) is 19.1 Å². The van der Waals surface area contributed by atoms with Gasteiger partial charge >= 0.3 is 5.91 Å². The molecule has 3 rings (SSSR count). The lowest BCUT2D eigenvalue weighted by Crippen LogP contribution is -2.48. The van der Waals surface area contributed by atoms with Crippen LogP contribution < -0.4 is 15.4 Å². The summed E-state index contributed by atoms with van der Waals surface area (Å²) in [6.45, 7) is 2.21. The van der Waals surface area contributed by atoms with Crippen LogP contribution in [0, 0.1) is 15.2 Å². The number of nitrogens with one attached hydrogen (secondary N) is 3. The summed E-state index contributed by atoms with van der Waals surface area (Å²) in [6.07, 6.45) is 0.121. The molecular formula is C24H27F2IN4O5S. The highest BCUT2D eigenvalue weighted by molar-refractivity contribution is 14.1. The van der Waals surface area contributed by atoms with Gasteiger partial charge in [0.1, 0.15) is 17.9 Å². The number of sulfonamides is 1. The van der Waals surface area contributed by atoms with E-state index in [-0.39, 0.29) is 30.1 Å². The van der Waals surface area contributed by atoms with Crippen LogP contribution in [-0.2, 0) is 23.0 Å². The summed E-state index contributed by atoms with van der Waals surface area (Å²) in [7, 11) is -3.64. The van der Waals surface area contributed by atoms with E-state index in [1.807, 2.05) is 24.3 Å². The number of rotatable bonds is 13. The number of hydrogen-bond donors (Lipinski definition) is 4.